The molecule has 0 heterocycles. The van der Waals surface area contributed by atoms with Gasteiger partial charge in [0.15, 0.2) is 0 Å². The fourth-order valence-corrected chi connectivity index (χ4v) is 0.811. The van der Waals surface area contributed by atoms with Gasteiger partial charge in [-0.05, 0) is 33.4 Å². The summed E-state index contributed by atoms with van der Waals surface area (Å²) in [5, 5.41) is 3.13. The molecular weight excluding hydrogens is 110 g/mol. The number of hydrogen-bond donors (Lipinski definition) is 1. The minimum absolute atomic E-state index is 1.10. The van der Waals surface area contributed by atoms with Crippen molar-refractivity contribution in [3.8, 4) is 0 Å². The Kier molecular flexibility index (Phi) is 5.64. The van der Waals surface area contributed by atoms with Crippen LogP contribution in [-0.2, 0) is 0 Å². The molecule has 0 aromatic rings. The molecule has 0 aliphatic carbocycles. The van der Waals surface area contributed by atoms with E-state index in [1.165, 1.54) is 12.8 Å². The maximum Gasteiger partial charge on any atom is -0.00146 e. The highest BCUT2D eigenvalue weighted by molar-refractivity contribution is 4.99. The molecule has 0 spiro atoms. The lowest BCUT2D eigenvalue weighted by Crippen LogP contribution is -2.07. The molecule has 0 radical (unpaired) electrons. The highest BCUT2D eigenvalue weighted by Crippen LogP contribution is 2.03. The molecule has 0 atom stereocenters. The van der Waals surface area contributed by atoms with Gasteiger partial charge in [0.2, 0.25) is 0 Å². The van der Waals surface area contributed by atoms with Gasteiger partial charge in [-0.15, -0.1) is 0 Å². The van der Waals surface area contributed by atoms with E-state index in [4.69, 9.17) is 0 Å². The Labute approximate surface area is 58.2 Å². The van der Waals surface area contributed by atoms with Crippen molar-refractivity contribution in [2.45, 2.75) is 26.7 Å². The van der Waals surface area contributed by atoms with Crippen molar-refractivity contribution in [2.24, 2.45) is 0 Å². The summed E-state index contributed by atoms with van der Waals surface area (Å²) in [4.78, 5) is 0. The first-order chi connectivity index (χ1) is 4.35. The molecule has 0 unspecified atom stereocenters. The Balaban J connectivity index is 3.33. The quantitative estimate of drug-likeness (QED) is 0.569. The van der Waals surface area contributed by atoms with E-state index in [9.17, 15) is 0 Å². The third-order valence-corrected chi connectivity index (χ3v) is 1.56. The van der Waals surface area contributed by atoms with E-state index in [0.717, 1.165) is 6.54 Å². The monoisotopic (exact) mass is 127 g/mol. The first-order valence-electron chi connectivity index (χ1n) is 3.63. The third kappa shape index (κ3) is 4.22. The smallest absolute Gasteiger partial charge is 0.00146 e. The highest BCUT2D eigenvalue weighted by atomic mass is 14.8. The zero-order valence-corrected chi connectivity index (χ0v) is 6.70. The van der Waals surface area contributed by atoms with Crippen LogP contribution in [0, 0.1) is 0 Å². The van der Waals surface area contributed by atoms with Crippen molar-refractivity contribution in [1.82, 2.24) is 5.32 Å². The summed E-state index contributed by atoms with van der Waals surface area (Å²) in [7, 11) is 1.99. The summed E-state index contributed by atoms with van der Waals surface area (Å²) in [5.41, 5.74) is 1.55. The van der Waals surface area contributed by atoms with Crippen LogP contribution >= 0.6 is 0 Å². The van der Waals surface area contributed by atoms with Crippen LogP contribution in [-0.4, -0.2) is 13.6 Å². The Morgan fingerprint density at radius 1 is 1.56 bits per heavy atom. The zero-order valence-electron chi connectivity index (χ0n) is 6.70. The Bertz CT molecular complexity index is 84.6. The van der Waals surface area contributed by atoms with E-state index in [1.54, 1.807) is 5.57 Å². The van der Waals surface area contributed by atoms with Crippen molar-refractivity contribution in [1.29, 1.82) is 0 Å². The molecule has 0 aliphatic heterocycles. The number of rotatable bonds is 4. The molecule has 9 heavy (non-hydrogen) atoms. The van der Waals surface area contributed by atoms with Gasteiger partial charge in [-0.2, -0.15) is 0 Å². The molecule has 1 N–H and O–H groups in total. The molecule has 0 bridgehead atoms. The topological polar surface area (TPSA) is 12.0 Å². The predicted molar refractivity (Wildman–Crippen MR) is 42.6 cm³/mol. The summed E-state index contributed by atoms with van der Waals surface area (Å²) in [5.74, 6) is 0. The van der Waals surface area contributed by atoms with Crippen LogP contribution in [0.4, 0.5) is 0 Å². The van der Waals surface area contributed by atoms with Gasteiger partial charge >= 0.3 is 0 Å². The molecule has 1 nitrogen and oxygen atoms in total. The second-order valence-corrected chi connectivity index (χ2v) is 2.15. The van der Waals surface area contributed by atoms with Crippen molar-refractivity contribution in [3.63, 3.8) is 0 Å². The van der Waals surface area contributed by atoms with Crippen LogP contribution in [0.2, 0.25) is 0 Å². The van der Waals surface area contributed by atoms with Crippen LogP contribution in [0.15, 0.2) is 11.6 Å². The van der Waals surface area contributed by atoms with Crippen molar-refractivity contribution in [3.05, 3.63) is 11.6 Å². The van der Waals surface area contributed by atoms with Crippen LogP contribution < -0.4 is 5.32 Å². The summed E-state index contributed by atoms with van der Waals surface area (Å²) < 4.78 is 0. The van der Waals surface area contributed by atoms with Crippen LogP contribution in [0.1, 0.15) is 26.7 Å². The van der Waals surface area contributed by atoms with E-state index >= 15 is 0 Å². The van der Waals surface area contributed by atoms with Crippen LogP contribution in [0.3, 0.4) is 0 Å². The second-order valence-electron chi connectivity index (χ2n) is 2.15. The van der Waals surface area contributed by atoms with Crippen LogP contribution in [0.25, 0.3) is 0 Å². The average molecular weight is 127 g/mol. The van der Waals surface area contributed by atoms with Gasteiger partial charge < -0.3 is 5.32 Å². The van der Waals surface area contributed by atoms with Gasteiger partial charge in [0.1, 0.15) is 0 Å². The average Bonchev–Trinajstić information content (AvgIpc) is 1.91. The summed E-state index contributed by atoms with van der Waals surface area (Å²) in [6.45, 7) is 5.41. The molecule has 0 saturated heterocycles. The lowest BCUT2D eigenvalue weighted by molar-refractivity contribution is 0.766. The Morgan fingerprint density at radius 2 is 2.22 bits per heavy atom. The fourth-order valence-electron chi connectivity index (χ4n) is 0.811. The molecule has 0 aromatic carbocycles. The lowest BCUT2D eigenvalue weighted by atomic mass is 10.1. The Hall–Kier alpha value is -0.300. The van der Waals surface area contributed by atoms with Crippen LogP contribution in [0.5, 0.6) is 0 Å². The van der Waals surface area contributed by atoms with Crippen molar-refractivity contribution < 1.29 is 0 Å². The number of hydrogen-bond acceptors (Lipinski definition) is 1. The van der Waals surface area contributed by atoms with Gasteiger partial charge in [-0.3, -0.25) is 0 Å². The summed E-state index contributed by atoms with van der Waals surface area (Å²) in [6, 6.07) is 0. The second kappa shape index (κ2) is 5.83. The fraction of sp³-hybridized carbons (Fsp3) is 0.750. The first-order valence-corrected chi connectivity index (χ1v) is 3.63. The van der Waals surface area contributed by atoms with Crippen molar-refractivity contribution >= 4 is 0 Å². The largest absolute Gasteiger partial charge is 0.319 e. The molecule has 1 heteroatoms. The molecule has 54 valence electrons. The standard InChI is InChI=1S/C8H17N/c1-4-8(5-2)6-7-9-3/h4,9H,5-7H2,1-3H3/b8-4+. The first kappa shape index (κ1) is 8.70. The third-order valence-electron chi connectivity index (χ3n) is 1.56. The van der Waals surface area contributed by atoms with E-state index < -0.39 is 0 Å². The van der Waals surface area contributed by atoms with Gasteiger partial charge in [-0.1, -0.05) is 18.6 Å². The van der Waals surface area contributed by atoms with E-state index in [2.05, 4.69) is 25.2 Å². The molecule has 0 rings (SSSR count). The van der Waals surface area contributed by atoms with Gasteiger partial charge in [-0.25, -0.2) is 0 Å². The minimum Gasteiger partial charge on any atom is -0.319 e. The van der Waals surface area contributed by atoms with Gasteiger partial charge in [0, 0.05) is 0 Å². The minimum atomic E-state index is 1.10. The highest BCUT2D eigenvalue weighted by Gasteiger charge is 1.88. The molecule has 0 saturated carbocycles. The summed E-state index contributed by atoms with van der Waals surface area (Å²) in [6.07, 6.45) is 4.60. The molecule has 0 aromatic heterocycles. The predicted octanol–water partition coefficient (Wildman–Crippen LogP) is 1.95. The number of nitrogens with one attached hydrogen (secondary N) is 1. The van der Waals surface area contributed by atoms with E-state index in [-0.39, 0.29) is 0 Å². The molecule has 0 fully saturated rings. The number of allylic oxidation sites excluding steroid dienone is 1. The molecular formula is C8H17N. The SMILES string of the molecule is C/C=C(\CC)CCNC. The van der Waals surface area contributed by atoms with E-state index in [1.807, 2.05) is 7.05 Å². The zero-order chi connectivity index (χ0) is 7.11. The molecule has 0 aliphatic rings. The van der Waals surface area contributed by atoms with E-state index in [0.29, 0.717) is 0 Å². The summed E-state index contributed by atoms with van der Waals surface area (Å²) >= 11 is 0. The van der Waals surface area contributed by atoms with Crippen molar-refractivity contribution in [2.75, 3.05) is 13.6 Å². The normalized spacial score (nSPS) is 12.1. The Morgan fingerprint density at radius 3 is 2.56 bits per heavy atom. The van der Waals surface area contributed by atoms with Gasteiger partial charge in [0.25, 0.3) is 0 Å². The maximum absolute atomic E-state index is 3.13. The lowest BCUT2D eigenvalue weighted by Gasteiger charge is -2.00. The maximum atomic E-state index is 3.13. The van der Waals surface area contributed by atoms with Gasteiger partial charge in [0.05, 0.1) is 0 Å². The molecule has 0 amide bonds.